The fourth-order valence-electron chi connectivity index (χ4n) is 5.55. The highest BCUT2D eigenvalue weighted by Crippen LogP contribution is 2.49. The van der Waals surface area contributed by atoms with Gasteiger partial charge in [-0.25, -0.2) is 0 Å². The maximum Gasteiger partial charge on any atom is 0.0539 e. The van der Waals surface area contributed by atoms with E-state index in [1.54, 1.807) is 0 Å². The maximum absolute atomic E-state index is 4.14. The SMILES string of the molecule is C=C(C)/C=C\C=C/C.C=CC1=C(/C=C\C)C(C)(C)c2cc(N(C(/C=C\C(=C)C)=C/C)c3ccccc3-c3ccccc3)ccc21. The first-order chi connectivity index (χ1) is 21.6. The average Bonchev–Trinajstić information content (AvgIpc) is 3.24. The van der Waals surface area contributed by atoms with E-state index >= 15 is 0 Å². The molecular weight excluding hydrogens is 542 g/mol. The quantitative estimate of drug-likeness (QED) is 0.212. The smallest absolute Gasteiger partial charge is 0.0539 e. The third-order valence-corrected chi connectivity index (χ3v) is 7.73. The van der Waals surface area contributed by atoms with Crippen molar-refractivity contribution in [3.8, 4) is 11.1 Å². The number of nitrogens with zero attached hydrogens (tertiary/aromatic N) is 1. The summed E-state index contributed by atoms with van der Waals surface area (Å²) in [5.74, 6) is 0. The topological polar surface area (TPSA) is 3.24 Å². The molecule has 0 amide bonds. The van der Waals surface area contributed by atoms with Crippen molar-refractivity contribution in [1.82, 2.24) is 0 Å². The Bertz CT molecular complexity index is 1700. The van der Waals surface area contributed by atoms with E-state index in [4.69, 9.17) is 0 Å². The van der Waals surface area contributed by atoms with E-state index in [0.717, 1.165) is 28.2 Å². The number of hydrogen-bond acceptors (Lipinski definition) is 1. The molecule has 0 unspecified atom stereocenters. The van der Waals surface area contributed by atoms with Crippen LogP contribution in [0.4, 0.5) is 11.4 Å². The molecule has 3 aromatic carbocycles. The van der Waals surface area contributed by atoms with Crippen molar-refractivity contribution in [3.05, 3.63) is 187 Å². The molecule has 0 radical (unpaired) electrons. The van der Waals surface area contributed by atoms with E-state index in [1.165, 1.54) is 33.4 Å². The van der Waals surface area contributed by atoms with Crippen LogP contribution in [-0.2, 0) is 5.41 Å². The molecule has 0 spiro atoms. The molecule has 0 N–H and O–H groups in total. The number of fused-ring (bicyclic) bond motifs is 1. The van der Waals surface area contributed by atoms with Crippen molar-refractivity contribution < 1.29 is 0 Å². The van der Waals surface area contributed by atoms with Gasteiger partial charge < -0.3 is 4.90 Å². The van der Waals surface area contributed by atoms with Crippen molar-refractivity contribution in [1.29, 1.82) is 0 Å². The van der Waals surface area contributed by atoms with Gasteiger partial charge in [-0.3, -0.25) is 0 Å². The minimum atomic E-state index is -0.129. The van der Waals surface area contributed by atoms with Gasteiger partial charge in [-0.15, -0.1) is 0 Å². The zero-order chi connectivity index (χ0) is 33.0. The van der Waals surface area contributed by atoms with Crippen molar-refractivity contribution in [2.24, 2.45) is 0 Å². The second-order valence-corrected chi connectivity index (χ2v) is 11.7. The van der Waals surface area contributed by atoms with Crippen molar-refractivity contribution in [2.45, 2.75) is 53.9 Å². The van der Waals surface area contributed by atoms with Gasteiger partial charge in [-0.1, -0.05) is 154 Å². The third kappa shape index (κ3) is 8.40. The molecule has 0 aliphatic heterocycles. The minimum Gasteiger partial charge on any atom is -0.310 e. The Hall–Kier alpha value is -4.88. The summed E-state index contributed by atoms with van der Waals surface area (Å²) < 4.78 is 0. The predicted molar refractivity (Wildman–Crippen MR) is 202 cm³/mol. The van der Waals surface area contributed by atoms with Gasteiger partial charge in [0.1, 0.15) is 0 Å². The predicted octanol–water partition coefficient (Wildman–Crippen LogP) is 13.0. The van der Waals surface area contributed by atoms with Crippen LogP contribution in [0.2, 0.25) is 0 Å². The molecule has 0 aromatic heterocycles. The van der Waals surface area contributed by atoms with Crippen molar-refractivity contribution >= 4 is 16.9 Å². The van der Waals surface area contributed by atoms with E-state index in [9.17, 15) is 0 Å². The van der Waals surface area contributed by atoms with Gasteiger partial charge in [0.2, 0.25) is 0 Å². The molecule has 45 heavy (non-hydrogen) atoms. The lowest BCUT2D eigenvalue weighted by atomic mass is 9.80. The summed E-state index contributed by atoms with van der Waals surface area (Å²) >= 11 is 0. The van der Waals surface area contributed by atoms with E-state index in [0.29, 0.717) is 0 Å². The van der Waals surface area contributed by atoms with E-state index in [-0.39, 0.29) is 5.41 Å². The summed E-state index contributed by atoms with van der Waals surface area (Å²) in [6, 6.07) is 26.1. The maximum atomic E-state index is 4.14. The van der Waals surface area contributed by atoms with Crippen LogP contribution < -0.4 is 4.90 Å². The highest BCUT2D eigenvalue weighted by atomic mass is 15.1. The second-order valence-electron chi connectivity index (χ2n) is 11.7. The Morgan fingerprint density at radius 3 is 2.00 bits per heavy atom. The Morgan fingerprint density at radius 1 is 0.733 bits per heavy atom. The molecule has 1 aliphatic carbocycles. The summed E-state index contributed by atoms with van der Waals surface area (Å²) in [7, 11) is 0. The first-order valence-electron chi connectivity index (χ1n) is 15.6. The molecule has 0 atom stereocenters. The molecule has 1 aliphatic rings. The van der Waals surface area contributed by atoms with Crippen LogP contribution in [0.25, 0.3) is 16.7 Å². The largest absolute Gasteiger partial charge is 0.310 e. The normalized spacial score (nSPS) is 14.2. The molecule has 1 nitrogen and oxygen atoms in total. The summed E-state index contributed by atoms with van der Waals surface area (Å²) in [5.41, 5.74) is 12.8. The van der Waals surface area contributed by atoms with Crippen LogP contribution >= 0.6 is 0 Å². The van der Waals surface area contributed by atoms with Crippen LogP contribution in [0.15, 0.2) is 176 Å². The van der Waals surface area contributed by atoms with Gasteiger partial charge in [0.05, 0.1) is 5.69 Å². The number of allylic oxidation sites excluding steroid dienone is 14. The Morgan fingerprint density at radius 2 is 1.40 bits per heavy atom. The molecule has 3 aromatic rings. The first kappa shape index (κ1) is 34.6. The molecule has 230 valence electrons. The number of rotatable bonds is 10. The second kappa shape index (κ2) is 16.3. The van der Waals surface area contributed by atoms with E-state index in [2.05, 4.69) is 156 Å². The standard InChI is InChI=1S/C36H37N.C8H12/c1-8-16-33-30(10-3)32-24-23-29(25-34(32)36(33,6)7)37(28(9-2)22-21-26(4)5)35-20-15-14-19-31(35)27-17-12-11-13-18-27;1-4-5-6-7-8(2)3/h8-25H,3-4H2,1-2,5-7H3;4-7H,2H2,1,3H3/b16-8-,22-21-,28-9+;5-4-,7-6-. The molecule has 1 heteroatoms. The molecule has 0 bridgehead atoms. The lowest BCUT2D eigenvalue weighted by Gasteiger charge is -2.30. The lowest BCUT2D eigenvalue weighted by Crippen LogP contribution is -2.19. The van der Waals surface area contributed by atoms with Crippen LogP contribution in [0.5, 0.6) is 0 Å². The lowest BCUT2D eigenvalue weighted by molar-refractivity contribution is 0.654. The van der Waals surface area contributed by atoms with Crippen LogP contribution in [0.3, 0.4) is 0 Å². The van der Waals surface area contributed by atoms with Crippen LogP contribution in [0.1, 0.15) is 59.6 Å². The van der Waals surface area contributed by atoms with Crippen molar-refractivity contribution in [2.75, 3.05) is 4.90 Å². The van der Waals surface area contributed by atoms with Crippen molar-refractivity contribution in [3.63, 3.8) is 0 Å². The molecular formula is C44H49N. The molecule has 4 rings (SSSR count). The number of para-hydroxylation sites is 1. The zero-order valence-electron chi connectivity index (χ0n) is 28.3. The van der Waals surface area contributed by atoms with Crippen LogP contribution in [0, 0.1) is 0 Å². The highest BCUT2D eigenvalue weighted by Gasteiger charge is 2.36. The zero-order valence-corrected chi connectivity index (χ0v) is 28.3. The van der Waals surface area contributed by atoms with Gasteiger partial charge >= 0.3 is 0 Å². The number of benzene rings is 3. The number of anilines is 2. The summed E-state index contributed by atoms with van der Waals surface area (Å²) in [5, 5.41) is 0. The summed E-state index contributed by atoms with van der Waals surface area (Å²) in [6.07, 6.45) is 20.7. The van der Waals surface area contributed by atoms with Gasteiger partial charge in [0, 0.05) is 22.4 Å². The molecule has 0 saturated carbocycles. The molecule has 0 heterocycles. The average molecular weight is 592 g/mol. The number of hydrogen-bond donors (Lipinski definition) is 0. The summed E-state index contributed by atoms with van der Waals surface area (Å²) in [4.78, 5) is 2.36. The third-order valence-electron chi connectivity index (χ3n) is 7.73. The van der Waals surface area contributed by atoms with E-state index < -0.39 is 0 Å². The summed E-state index contributed by atoms with van der Waals surface area (Å²) in [6.45, 7) is 26.7. The fourth-order valence-corrected chi connectivity index (χ4v) is 5.55. The van der Waals surface area contributed by atoms with E-state index in [1.807, 2.05) is 51.2 Å². The Labute approximate surface area is 273 Å². The monoisotopic (exact) mass is 591 g/mol. The Balaban J connectivity index is 0.000000610. The van der Waals surface area contributed by atoms with Gasteiger partial charge in [0.25, 0.3) is 0 Å². The van der Waals surface area contributed by atoms with Gasteiger partial charge in [-0.2, -0.15) is 0 Å². The fraction of sp³-hybridized carbons (Fsp3) is 0.182. The molecule has 0 fully saturated rings. The van der Waals surface area contributed by atoms with Gasteiger partial charge in [0.15, 0.2) is 0 Å². The van der Waals surface area contributed by atoms with Gasteiger partial charge in [-0.05, 0) is 86.7 Å². The minimum absolute atomic E-state index is 0.129. The first-order valence-corrected chi connectivity index (χ1v) is 15.6. The molecule has 0 saturated heterocycles. The van der Waals surface area contributed by atoms with Crippen LogP contribution in [-0.4, -0.2) is 0 Å². The highest BCUT2D eigenvalue weighted by molar-refractivity contribution is 5.90. The Kier molecular flexibility index (Phi) is 12.5.